The van der Waals surface area contributed by atoms with E-state index in [4.69, 9.17) is 0 Å². The summed E-state index contributed by atoms with van der Waals surface area (Å²) >= 11 is 4.95. The van der Waals surface area contributed by atoms with Gasteiger partial charge < -0.3 is 10.4 Å². The van der Waals surface area contributed by atoms with Crippen molar-refractivity contribution in [1.29, 1.82) is 0 Å². The van der Waals surface area contributed by atoms with E-state index in [0.29, 0.717) is 15.9 Å². The van der Waals surface area contributed by atoms with Crippen LogP contribution in [0.4, 0.5) is 0 Å². The highest BCUT2D eigenvalue weighted by Gasteiger charge is 2.42. The Morgan fingerprint density at radius 3 is 2.77 bits per heavy atom. The number of piperidine rings is 1. The van der Waals surface area contributed by atoms with Crippen molar-refractivity contribution in [3.05, 3.63) is 0 Å². The van der Waals surface area contributed by atoms with E-state index in [1.807, 2.05) is 0 Å². The molecule has 0 aromatic rings. The molecule has 2 N–H and O–H groups in total. The lowest BCUT2D eigenvalue weighted by molar-refractivity contribution is 0.0576. The zero-order chi connectivity index (χ0) is 9.42. The Kier molecular flexibility index (Phi) is 3.76. The lowest BCUT2D eigenvalue weighted by Gasteiger charge is -2.44. The van der Waals surface area contributed by atoms with Crippen molar-refractivity contribution >= 4 is 45.2 Å². The Morgan fingerprint density at radius 2 is 2.00 bits per heavy atom. The second kappa shape index (κ2) is 4.49. The van der Waals surface area contributed by atoms with Gasteiger partial charge in [0.15, 0.2) is 0 Å². The molecule has 1 aliphatic heterocycles. The standard InChI is InChI=1S/C9H15I2NO/c10-6-4-7(11)9(13)8-5(6)2-1-3-12-8/h5-9,12-13H,1-4H2. The van der Waals surface area contributed by atoms with Crippen LogP contribution < -0.4 is 5.32 Å². The fourth-order valence-electron chi connectivity index (χ4n) is 2.47. The summed E-state index contributed by atoms with van der Waals surface area (Å²) in [7, 11) is 0. The van der Waals surface area contributed by atoms with Gasteiger partial charge in [-0.3, -0.25) is 0 Å². The van der Waals surface area contributed by atoms with Crippen molar-refractivity contribution in [3.63, 3.8) is 0 Å². The van der Waals surface area contributed by atoms with Crippen molar-refractivity contribution < 1.29 is 5.11 Å². The first-order chi connectivity index (χ1) is 6.20. The van der Waals surface area contributed by atoms with Crippen LogP contribution in [-0.2, 0) is 0 Å². The van der Waals surface area contributed by atoms with E-state index in [1.165, 1.54) is 19.3 Å². The van der Waals surface area contributed by atoms with Crippen LogP contribution in [0.2, 0.25) is 0 Å². The molecule has 0 bridgehead atoms. The molecule has 2 aliphatic rings. The number of fused-ring (bicyclic) bond motifs is 1. The first kappa shape index (κ1) is 10.9. The van der Waals surface area contributed by atoms with Gasteiger partial charge in [0, 0.05) is 13.9 Å². The Labute approximate surface area is 107 Å². The molecule has 0 radical (unpaired) electrons. The second-order valence-corrected chi connectivity index (χ2v) is 7.24. The fraction of sp³-hybridized carbons (Fsp3) is 1.00. The molecule has 1 saturated heterocycles. The van der Waals surface area contributed by atoms with E-state index >= 15 is 0 Å². The highest BCUT2D eigenvalue weighted by atomic mass is 127. The van der Waals surface area contributed by atoms with Gasteiger partial charge in [-0.05, 0) is 31.7 Å². The quantitative estimate of drug-likeness (QED) is 0.474. The summed E-state index contributed by atoms with van der Waals surface area (Å²) in [6, 6.07) is 0.367. The number of halogens is 2. The Balaban J connectivity index is 2.10. The molecule has 2 nitrogen and oxygen atoms in total. The Morgan fingerprint density at radius 1 is 1.23 bits per heavy atom. The van der Waals surface area contributed by atoms with Crippen molar-refractivity contribution in [2.24, 2.45) is 5.92 Å². The maximum Gasteiger partial charge on any atom is 0.0813 e. The molecule has 76 valence electrons. The molecule has 1 heterocycles. The van der Waals surface area contributed by atoms with Gasteiger partial charge in [-0.15, -0.1) is 0 Å². The molecule has 1 saturated carbocycles. The smallest absolute Gasteiger partial charge is 0.0813 e. The van der Waals surface area contributed by atoms with Gasteiger partial charge in [0.25, 0.3) is 0 Å². The third kappa shape index (κ3) is 2.15. The SMILES string of the molecule is OC1C(I)CC(I)C2CCCNC12. The van der Waals surface area contributed by atoms with Crippen LogP contribution in [0.15, 0.2) is 0 Å². The third-order valence-electron chi connectivity index (χ3n) is 3.21. The molecule has 0 aromatic carbocycles. The molecule has 5 unspecified atom stereocenters. The van der Waals surface area contributed by atoms with E-state index < -0.39 is 0 Å². The number of alkyl halides is 2. The van der Waals surface area contributed by atoms with Crippen LogP contribution in [0.5, 0.6) is 0 Å². The van der Waals surface area contributed by atoms with E-state index in [9.17, 15) is 5.11 Å². The van der Waals surface area contributed by atoms with Crippen LogP contribution in [-0.4, -0.2) is 31.6 Å². The minimum absolute atomic E-state index is 0.128. The number of aliphatic hydroxyl groups excluding tert-OH is 1. The normalized spacial score (nSPS) is 51.5. The predicted molar refractivity (Wildman–Crippen MR) is 70.8 cm³/mol. The zero-order valence-corrected chi connectivity index (χ0v) is 11.7. The molecule has 4 heteroatoms. The van der Waals surface area contributed by atoms with Gasteiger partial charge in [0.2, 0.25) is 0 Å². The molecule has 0 aromatic heterocycles. The summed E-state index contributed by atoms with van der Waals surface area (Å²) in [5.74, 6) is 0.704. The molecule has 2 rings (SSSR count). The monoisotopic (exact) mass is 407 g/mol. The van der Waals surface area contributed by atoms with Crippen molar-refractivity contribution in [1.82, 2.24) is 5.32 Å². The van der Waals surface area contributed by atoms with E-state index in [-0.39, 0.29) is 6.10 Å². The number of hydrogen-bond acceptors (Lipinski definition) is 2. The number of nitrogens with one attached hydrogen (secondary N) is 1. The molecule has 5 atom stereocenters. The molecule has 1 aliphatic carbocycles. The number of hydrogen-bond donors (Lipinski definition) is 2. The van der Waals surface area contributed by atoms with Crippen LogP contribution in [0.3, 0.4) is 0 Å². The number of rotatable bonds is 0. The first-order valence-electron chi connectivity index (χ1n) is 4.89. The molecular formula is C9H15I2NO. The fourth-order valence-corrected chi connectivity index (χ4v) is 5.79. The van der Waals surface area contributed by atoms with Crippen LogP contribution in [0, 0.1) is 5.92 Å². The lowest BCUT2D eigenvalue weighted by atomic mass is 9.78. The summed E-state index contributed by atoms with van der Waals surface area (Å²) in [6.45, 7) is 1.09. The average Bonchev–Trinajstić information content (AvgIpc) is 2.15. The average molecular weight is 407 g/mol. The summed E-state index contributed by atoms with van der Waals surface area (Å²) in [4.78, 5) is 0. The minimum atomic E-state index is -0.128. The van der Waals surface area contributed by atoms with E-state index in [0.717, 1.165) is 10.5 Å². The van der Waals surface area contributed by atoms with Gasteiger partial charge in [-0.1, -0.05) is 45.2 Å². The van der Waals surface area contributed by atoms with Crippen LogP contribution in [0.25, 0.3) is 0 Å². The minimum Gasteiger partial charge on any atom is -0.390 e. The predicted octanol–water partition coefficient (Wildman–Crippen LogP) is 1.73. The molecule has 0 spiro atoms. The molecule has 0 amide bonds. The summed E-state index contributed by atoms with van der Waals surface area (Å²) in [5, 5.41) is 13.5. The van der Waals surface area contributed by atoms with Crippen molar-refractivity contribution in [2.45, 2.75) is 39.3 Å². The van der Waals surface area contributed by atoms with Gasteiger partial charge in [0.05, 0.1) is 6.10 Å². The maximum atomic E-state index is 10.0. The molecule has 13 heavy (non-hydrogen) atoms. The van der Waals surface area contributed by atoms with Gasteiger partial charge in [-0.25, -0.2) is 0 Å². The lowest BCUT2D eigenvalue weighted by Crippen LogP contribution is -2.58. The third-order valence-corrected chi connectivity index (χ3v) is 5.89. The van der Waals surface area contributed by atoms with Gasteiger partial charge >= 0.3 is 0 Å². The highest BCUT2D eigenvalue weighted by Crippen LogP contribution is 2.38. The second-order valence-electron chi connectivity index (χ2n) is 4.04. The summed E-state index contributed by atoms with van der Waals surface area (Å²) in [5.41, 5.74) is 0. The first-order valence-corrected chi connectivity index (χ1v) is 7.39. The van der Waals surface area contributed by atoms with Crippen LogP contribution >= 0.6 is 45.2 Å². The molecular weight excluding hydrogens is 392 g/mol. The molecule has 2 fully saturated rings. The topological polar surface area (TPSA) is 32.3 Å². The Bertz CT molecular complexity index is 190. The maximum absolute atomic E-state index is 10.0. The van der Waals surface area contributed by atoms with Crippen molar-refractivity contribution in [3.8, 4) is 0 Å². The van der Waals surface area contributed by atoms with Gasteiger partial charge in [0.1, 0.15) is 0 Å². The van der Waals surface area contributed by atoms with Gasteiger partial charge in [-0.2, -0.15) is 0 Å². The largest absolute Gasteiger partial charge is 0.390 e. The van der Waals surface area contributed by atoms with Crippen LogP contribution in [0.1, 0.15) is 19.3 Å². The number of aliphatic hydroxyl groups is 1. The highest BCUT2D eigenvalue weighted by molar-refractivity contribution is 14.1. The Hall–Kier alpha value is 1.38. The summed E-state index contributed by atoms with van der Waals surface area (Å²) < 4.78 is 1.19. The van der Waals surface area contributed by atoms with E-state index in [1.54, 1.807) is 0 Å². The summed E-state index contributed by atoms with van der Waals surface area (Å²) in [6.07, 6.45) is 3.62. The zero-order valence-electron chi connectivity index (χ0n) is 7.42. The van der Waals surface area contributed by atoms with Crippen molar-refractivity contribution in [2.75, 3.05) is 6.54 Å². The van der Waals surface area contributed by atoms with E-state index in [2.05, 4.69) is 50.5 Å².